The average molecular weight is 244 g/mol. The molecule has 0 saturated heterocycles. The van der Waals surface area contributed by atoms with E-state index in [4.69, 9.17) is 0 Å². The summed E-state index contributed by atoms with van der Waals surface area (Å²) in [6.07, 6.45) is 1.25. The lowest BCUT2D eigenvalue weighted by Gasteiger charge is -2.04. The maximum absolute atomic E-state index is 4.59. The van der Waals surface area contributed by atoms with Gasteiger partial charge in [0.2, 0.25) is 0 Å². The molecule has 15 heavy (non-hydrogen) atoms. The fourth-order valence-electron chi connectivity index (χ4n) is 1.11. The third-order valence-corrected chi connectivity index (χ3v) is 4.12. The molecule has 0 aromatic carbocycles. The molecule has 0 aliphatic carbocycles. The molecule has 1 N–H and O–H groups in total. The van der Waals surface area contributed by atoms with Crippen LogP contribution >= 0.6 is 23.1 Å². The maximum Gasteiger partial charge on any atom is 0.103 e. The fourth-order valence-corrected chi connectivity index (χ4v) is 2.88. The first-order chi connectivity index (χ1) is 7.22. The van der Waals surface area contributed by atoms with Gasteiger partial charge >= 0.3 is 0 Å². The molecule has 0 aliphatic heterocycles. The van der Waals surface area contributed by atoms with Crippen LogP contribution in [-0.4, -0.2) is 16.8 Å². The summed E-state index contributed by atoms with van der Waals surface area (Å²) < 4.78 is 0. The van der Waals surface area contributed by atoms with Gasteiger partial charge in [-0.05, 0) is 12.2 Å². The van der Waals surface area contributed by atoms with Crippen LogP contribution in [0.2, 0.25) is 0 Å². The van der Waals surface area contributed by atoms with E-state index in [0.717, 1.165) is 12.3 Å². The number of thiazole rings is 1. The minimum Gasteiger partial charge on any atom is -0.309 e. The van der Waals surface area contributed by atoms with Gasteiger partial charge in [0.25, 0.3) is 0 Å². The van der Waals surface area contributed by atoms with E-state index in [-0.39, 0.29) is 0 Å². The van der Waals surface area contributed by atoms with Crippen molar-refractivity contribution in [2.24, 2.45) is 0 Å². The van der Waals surface area contributed by atoms with Crippen molar-refractivity contribution in [3.8, 4) is 0 Å². The SMILES string of the molecule is CCCSCc1nc(CNC(C)C)cs1. The Hall–Kier alpha value is -0.0600. The van der Waals surface area contributed by atoms with Gasteiger partial charge in [0.1, 0.15) is 5.01 Å². The van der Waals surface area contributed by atoms with Gasteiger partial charge in [-0.2, -0.15) is 11.8 Å². The van der Waals surface area contributed by atoms with Crippen LogP contribution in [0.4, 0.5) is 0 Å². The summed E-state index contributed by atoms with van der Waals surface area (Å²) in [7, 11) is 0. The Morgan fingerprint density at radius 3 is 3.00 bits per heavy atom. The highest BCUT2D eigenvalue weighted by atomic mass is 32.2. The van der Waals surface area contributed by atoms with Crippen molar-refractivity contribution < 1.29 is 0 Å². The molecule has 0 aliphatic rings. The lowest BCUT2D eigenvalue weighted by Crippen LogP contribution is -2.21. The molecule has 86 valence electrons. The number of nitrogens with zero attached hydrogens (tertiary/aromatic N) is 1. The van der Waals surface area contributed by atoms with Crippen molar-refractivity contribution in [3.05, 3.63) is 16.1 Å². The molecule has 0 fully saturated rings. The Balaban J connectivity index is 2.29. The second kappa shape index (κ2) is 7.25. The second-order valence-electron chi connectivity index (χ2n) is 3.82. The lowest BCUT2D eigenvalue weighted by atomic mass is 10.4. The summed E-state index contributed by atoms with van der Waals surface area (Å²) in [6.45, 7) is 7.42. The quantitative estimate of drug-likeness (QED) is 0.745. The molecule has 1 aromatic rings. The van der Waals surface area contributed by atoms with Gasteiger partial charge in [0.05, 0.1) is 5.69 Å². The lowest BCUT2D eigenvalue weighted by molar-refractivity contribution is 0.582. The van der Waals surface area contributed by atoms with Gasteiger partial charge in [-0.1, -0.05) is 20.8 Å². The first-order valence-electron chi connectivity index (χ1n) is 5.46. The van der Waals surface area contributed by atoms with Crippen molar-refractivity contribution in [1.29, 1.82) is 0 Å². The van der Waals surface area contributed by atoms with Crippen LogP contribution in [0.3, 0.4) is 0 Å². The molecule has 1 rings (SSSR count). The summed E-state index contributed by atoms with van der Waals surface area (Å²) in [6, 6.07) is 0.532. The Morgan fingerprint density at radius 1 is 1.53 bits per heavy atom. The number of hydrogen-bond donors (Lipinski definition) is 1. The molecule has 0 atom stereocenters. The van der Waals surface area contributed by atoms with E-state index >= 15 is 0 Å². The number of aromatic nitrogens is 1. The van der Waals surface area contributed by atoms with E-state index in [1.54, 1.807) is 11.3 Å². The standard InChI is InChI=1S/C11H20N2S2/c1-4-5-14-8-11-13-10(7-15-11)6-12-9(2)3/h7,9,12H,4-6,8H2,1-3H3. The van der Waals surface area contributed by atoms with Gasteiger partial charge in [0, 0.05) is 23.7 Å². The summed E-state index contributed by atoms with van der Waals surface area (Å²) in [5.74, 6) is 2.30. The first-order valence-corrected chi connectivity index (χ1v) is 7.50. The van der Waals surface area contributed by atoms with Crippen molar-refractivity contribution in [1.82, 2.24) is 10.3 Å². The van der Waals surface area contributed by atoms with Crippen LogP contribution < -0.4 is 5.32 Å². The van der Waals surface area contributed by atoms with Crippen LogP contribution in [0.25, 0.3) is 0 Å². The molecule has 0 radical (unpaired) electrons. The van der Waals surface area contributed by atoms with Crippen molar-refractivity contribution in [2.45, 2.75) is 45.5 Å². The van der Waals surface area contributed by atoms with Crippen molar-refractivity contribution in [2.75, 3.05) is 5.75 Å². The van der Waals surface area contributed by atoms with E-state index in [1.165, 1.54) is 22.9 Å². The van der Waals surface area contributed by atoms with Gasteiger partial charge < -0.3 is 5.32 Å². The zero-order chi connectivity index (χ0) is 11.1. The zero-order valence-corrected chi connectivity index (χ0v) is 11.4. The number of thioether (sulfide) groups is 1. The molecule has 0 unspecified atom stereocenters. The van der Waals surface area contributed by atoms with Crippen LogP contribution in [0.5, 0.6) is 0 Å². The molecule has 0 amide bonds. The summed E-state index contributed by atoms with van der Waals surface area (Å²) in [5.41, 5.74) is 1.18. The molecule has 0 saturated carbocycles. The van der Waals surface area contributed by atoms with Crippen molar-refractivity contribution >= 4 is 23.1 Å². The summed E-state index contributed by atoms with van der Waals surface area (Å²) >= 11 is 3.75. The van der Waals surface area contributed by atoms with Gasteiger partial charge in [0.15, 0.2) is 0 Å². The minimum atomic E-state index is 0.532. The number of nitrogens with one attached hydrogen (secondary N) is 1. The van der Waals surface area contributed by atoms with Crippen LogP contribution in [0.15, 0.2) is 5.38 Å². The van der Waals surface area contributed by atoms with Gasteiger partial charge in [-0.3, -0.25) is 0 Å². The molecular formula is C11H20N2S2. The first kappa shape index (κ1) is 13.0. The highest BCUT2D eigenvalue weighted by molar-refractivity contribution is 7.98. The predicted molar refractivity (Wildman–Crippen MR) is 70.5 cm³/mol. The minimum absolute atomic E-state index is 0.532. The average Bonchev–Trinajstić information content (AvgIpc) is 2.63. The van der Waals surface area contributed by atoms with Gasteiger partial charge in [-0.25, -0.2) is 4.98 Å². The molecule has 2 nitrogen and oxygen atoms in total. The highest BCUT2D eigenvalue weighted by Gasteiger charge is 2.02. The van der Waals surface area contributed by atoms with Crippen LogP contribution in [-0.2, 0) is 12.3 Å². The smallest absolute Gasteiger partial charge is 0.103 e. The highest BCUT2D eigenvalue weighted by Crippen LogP contribution is 2.17. The monoisotopic (exact) mass is 244 g/mol. The van der Waals surface area contributed by atoms with Gasteiger partial charge in [-0.15, -0.1) is 11.3 Å². The molecular weight excluding hydrogens is 224 g/mol. The second-order valence-corrected chi connectivity index (χ2v) is 5.87. The Bertz CT molecular complexity index is 271. The topological polar surface area (TPSA) is 24.9 Å². The zero-order valence-electron chi connectivity index (χ0n) is 9.75. The number of rotatable bonds is 7. The van der Waals surface area contributed by atoms with E-state index < -0.39 is 0 Å². The molecule has 1 aromatic heterocycles. The molecule has 1 heterocycles. The largest absolute Gasteiger partial charge is 0.309 e. The van der Waals surface area contributed by atoms with Crippen molar-refractivity contribution in [3.63, 3.8) is 0 Å². The van der Waals surface area contributed by atoms with Crippen LogP contribution in [0.1, 0.15) is 37.9 Å². The Morgan fingerprint density at radius 2 is 2.33 bits per heavy atom. The van der Waals surface area contributed by atoms with E-state index in [2.05, 4.69) is 36.5 Å². The Kier molecular flexibility index (Phi) is 6.29. The maximum atomic E-state index is 4.59. The Labute approximate surface area is 101 Å². The summed E-state index contributed by atoms with van der Waals surface area (Å²) in [4.78, 5) is 4.59. The number of hydrogen-bond acceptors (Lipinski definition) is 4. The molecule has 0 spiro atoms. The van der Waals surface area contributed by atoms with E-state index in [0.29, 0.717) is 6.04 Å². The third-order valence-electron chi connectivity index (χ3n) is 1.86. The molecule has 4 heteroatoms. The van der Waals surface area contributed by atoms with Crippen LogP contribution in [0, 0.1) is 0 Å². The predicted octanol–water partition coefficient (Wildman–Crippen LogP) is 3.28. The van der Waals surface area contributed by atoms with E-state index in [9.17, 15) is 0 Å². The molecule has 0 bridgehead atoms. The summed E-state index contributed by atoms with van der Waals surface area (Å²) in [5, 5.41) is 6.80. The third kappa shape index (κ3) is 5.54. The van der Waals surface area contributed by atoms with E-state index in [1.807, 2.05) is 11.8 Å². The normalized spacial score (nSPS) is 11.2. The fraction of sp³-hybridized carbons (Fsp3) is 0.727.